The Hall–Kier alpha value is -3.28. The molecule has 0 saturated heterocycles. The lowest BCUT2D eigenvalue weighted by Gasteiger charge is -2.11. The number of alkyl halides is 5. The van der Waals surface area contributed by atoms with Crippen LogP contribution in [0.15, 0.2) is 28.7 Å². The molecular formula is C19H17F5N4O3. The predicted octanol–water partition coefficient (Wildman–Crippen LogP) is 3.93. The van der Waals surface area contributed by atoms with E-state index in [4.69, 9.17) is 14.9 Å². The molecule has 0 saturated carbocycles. The first-order valence-corrected chi connectivity index (χ1v) is 8.91. The molecule has 3 N–H and O–H groups in total. The van der Waals surface area contributed by atoms with Gasteiger partial charge < -0.3 is 20.2 Å². The van der Waals surface area contributed by atoms with Gasteiger partial charge in [-0.3, -0.25) is 4.79 Å². The number of benzene rings is 1. The van der Waals surface area contributed by atoms with Crippen molar-refractivity contribution < 1.29 is 35.9 Å². The summed E-state index contributed by atoms with van der Waals surface area (Å²) in [6, 6.07) is 3.99. The number of oxazole rings is 1. The van der Waals surface area contributed by atoms with Gasteiger partial charge in [0.15, 0.2) is 11.5 Å². The zero-order valence-corrected chi connectivity index (χ0v) is 16.3. The van der Waals surface area contributed by atoms with E-state index in [0.717, 1.165) is 6.07 Å². The molecule has 31 heavy (non-hydrogen) atoms. The van der Waals surface area contributed by atoms with Crippen LogP contribution in [-0.4, -0.2) is 36.0 Å². The molecule has 0 fully saturated rings. The van der Waals surface area contributed by atoms with E-state index >= 15 is 0 Å². The van der Waals surface area contributed by atoms with E-state index in [1.165, 1.54) is 32.2 Å². The lowest BCUT2D eigenvalue weighted by molar-refractivity contribution is -0.140. The van der Waals surface area contributed by atoms with Crippen LogP contribution in [0.4, 0.5) is 22.0 Å². The summed E-state index contributed by atoms with van der Waals surface area (Å²) < 4.78 is 74.8. The summed E-state index contributed by atoms with van der Waals surface area (Å²) in [5, 5.41) is 2.23. The summed E-state index contributed by atoms with van der Waals surface area (Å²) in [5.41, 5.74) is 4.51. The number of methoxy groups -OCH3 is 1. The smallest absolute Gasteiger partial charge is 0.433 e. The average Bonchev–Trinajstić information content (AvgIpc) is 3.15. The molecule has 3 aromatic rings. The normalized spacial score (nSPS) is 12.9. The number of amides is 1. The van der Waals surface area contributed by atoms with Crippen molar-refractivity contribution in [2.75, 3.05) is 13.7 Å². The van der Waals surface area contributed by atoms with E-state index in [1.54, 1.807) is 0 Å². The molecule has 3 rings (SSSR count). The summed E-state index contributed by atoms with van der Waals surface area (Å²) in [6.45, 7) is 0.604. The molecule has 0 unspecified atom stereocenters. The van der Waals surface area contributed by atoms with E-state index in [0.29, 0.717) is 0 Å². The van der Waals surface area contributed by atoms with Crippen molar-refractivity contribution in [3.8, 4) is 17.2 Å². The number of nitrogens with zero attached hydrogens (tertiary/aromatic N) is 2. The van der Waals surface area contributed by atoms with Gasteiger partial charge in [0, 0.05) is 10.9 Å². The Balaban J connectivity index is 2.15. The highest BCUT2D eigenvalue weighted by molar-refractivity contribution is 5.98. The molecule has 0 radical (unpaired) electrons. The van der Waals surface area contributed by atoms with Crippen LogP contribution in [0.3, 0.4) is 0 Å². The minimum Gasteiger partial charge on any atom is -0.494 e. The standard InChI is InChI=1S/C19H17F5N4O3/c1-8(25)16-15(17(29)26-7-13(20)21)28-18(31-16)10-3-5-11(30-2)14-9(10)4-6-12(27-14)19(22,23)24/h3-6,8,13H,7,25H2,1-2H3,(H,26,29)/t8-/m0/s1. The maximum absolute atomic E-state index is 13.1. The van der Waals surface area contributed by atoms with Crippen LogP contribution in [0.25, 0.3) is 22.4 Å². The zero-order valence-electron chi connectivity index (χ0n) is 16.3. The van der Waals surface area contributed by atoms with Crippen molar-refractivity contribution >= 4 is 16.8 Å². The summed E-state index contributed by atoms with van der Waals surface area (Å²) in [7, 11) is 1.28. The van der Waals surface area contributed by atoms with Crippen LogP contribution in [-0.2, 0) is 6.18 Å². The molecule has 0 aliphatic carbocycles. The molecule has 2 aromatic heterocycles. The summed E-state index contributed by atoms with van der Waals surface area (Å²) >= 11 is 0. The Kier molecular flexibility index (Phi) is 6.11. The Labute approximate surface area is 172 Å². The molecule has 1 atom stereocenters. The van der Waals surface area contributed by atoms with Crippen molar-refractivity contribution in [2.24, 2.45) is 5.73 Å². The first-order chi connectivity index (χ1) is 14.5. The molecule has 1 amide bonds. The predicted molar refractivity (Wildman–Crippen MR) is 99.7 cm³/mol. The van der Waals surface area contributed by atoms with Gasteiger partial charge in [0.05, 0.1) is 19.7 Å². The van der Waals surface area contributed by atoms with Crippen LogP contribution in [0.5, 0.6) is 5.75 Å². The van der Waals surface area contributed by atoms with Gasteiger partial charge in [-0.25, -0.2) is 18.7 Å². The highest BCUT2D eigenvalue weighted by Gasteiger charge is 2.33. The number of halogens is 5. The first-order valence-electron chi connectivity index (χ1n) is 8.91. The molecule has 0 aliphatic heterocycles. The summed E-state index contributed by atoms with van der Waals surface area (Å²) in [4.78, 5) is 20.0. The number of rotatable bonds is 6. The van der Waals surface area contributed by atoms with Gasteiger partial charge >= 0.3 is 6.18 Å². The van der Waals surface area contributed by atoms with E-state index in [1.807, 2.05) is 5.32 Å². The fourth-order valence-corrected chi connectivity index (χ4v) is 2.87. The number of hydrogen-bond donors (Lipinski definition) is 2. The van der Waals surface area contributed by atoms with Gasteiger partial charge in [0.25, 0.3) is 12.3 Å². The number of carbonyl (C=O) groups is 1. The topological polar surface area (TPSA) is 103 Å². The number of nitrogens with two attached hydrogens (primary N) is 1. The highest BCUT2D eigenvalue weighted by atomic mass is 19.4. The fraction of sp³-hybridized carbons (Fsp3) is 0.316. The zero-order chi connectivity index (χ0) is 22.9. The van der Waals surface area contributed by atoms with Crippen LogP contribution in [0.2, 0.25) is 0 Å². The molecule has 0 bridgehead atoms. The molecule has 0 spiro atoms. The molecule has 2 heterocycles. The lowest BCUT2D eigenvalue weighted by Crippen LogP contribution is -2.30. The Bertz CT molecular complexity index is 1110. The van der Waals surface area contributed by atoms with Crippen molar-refractivity contribution in [2.45, 2.75) is 25.6 Å². The van der Waals surface area contributed by atoms with E-state index in [2.05, 4.69) is 9.97 Å². The number of carbonyl (C=O) groups excluding carboxylic acids is 1. The van der Waals surface area contributed by atoms with E-state index in [-0.39, 0.29) is 39.6 Å². The van der Waals surface area contributed by atoms with Gasteiger partial charge in [0.1, 0.15) is 17.0 Å². The molecule has 0 aliphatic rings. The van der Waals surface area contributed by atoms with Gasteiger partial charge in [-0.05, 0) is 31.2 Å². The molecule has 166 valence electrons. The second-order valence-corrected chi connectivity index (χ2v) is 6.53. The van der Waals surface area contributed by atoms with Crippen molar-refractivity contribution in [1.82, 2.24) is 15.3 Å². The number of nitrogens with one attached hydrogen (secondary N) is 1. The molecule has 1 aromatic carbocycles. The second-order valence-electron chi connectivity index (χ2n) is 6.53. The van der Waals surface area contributed by atoms with Gasteiger partial charge in [-0.2, -0.15) is 13.2 Å². The average molecular weight is 444 g/mol. The monoisotopic (exact) mass is 444 g/mol. The maximum atomic E-state index is 13.1. The molecular weight excluding hydrogens is 427 g/mol. The quantitative estimate of drug-likeness (QED) is 0.559. The van der Waals surface area contributed by atoms with Crippen LogP contribution >= 0.6 is 0 Å². The van der Waals surface area contributed by atoms with E-state index in [9.17, 15) is 26.7 Å². The number of pyridine rings is 1. The third-order valence-corrected chi connectivity index (χ3v) is 4.26. The Morgan fingerprint density at radius 3 is 2.52 bits per heavy atom. The van der Waals surface area contributed by atoms with Crippen LogP contribution < -0.4 is 15.8 Å². The van der Waals surface area contributed by atoms with Crippen LogP contribution in [0, 0.1) is 0 Å². The van der Waals surface area contributed by atoms with Crippen molar-refractivity contribution in [1.29, 1.82) is 0 Å². The maximum Gasteiger partial charge on any atom is 0.433 e. The number of hydrogen-bond acceptors (Lipinski definition) is 6. The third kappa shape index (κ3) is 4.58. The number of ether oxygens (including phenoxy) is 1. The first kappa shape index (κ1) is 22.4. The minimum absolute atomic E-state index is 0.0643. The van der Waals surface area contributed by atoms with E-state index < -0.39 is 36.8 Å². The molecule has 12 heteroatoms. The minimum atomic E-state index is -4.67. The summed E-state index contributed by atoms with van der Waals surface area (Å²) in [6.07, 6.45) is -7.44. The number of aromatic nitrogens is 2. The van der Waals surface area contributed by atoms with Crippen LogP contribution in [0.1, 0.15) is 34.9 Å². The van der Waals surface area contributed by atoms with Crippen molar-refractivity contribution in [3.63, 3.8) is 0 Å². The van der Waals surface area contributed by atoms with Gasteiger partial charge in [0.2, 0.25) is 5.89 Å². The largest absolute Gasteiger partial charge is 0.494 e. The number of fused-ring (bicyclic) bond motifs is 1. The fourth-order valence-electron chi connectivity index (χ4n) is 2.87. The SMILES string of the molecule is COc1ccc(-c2nc(C(=O)NCC(F)F)c([C@H](C)N)o2)c2ccc(C(F)(F)F)nc12. The lowest BCUT2D eigenvalue weighted by atomic mass is 10.1. The third-order valence-electron chi connectivity index (χ3n) is 4.26. The van der Waals surface area contributed by atoms with Gasteiger partial charge in [-0.1, -0.05) is 0 Å². The highest BCUT2D eigenvalue weighted by Crippen LogP contribution is 2.37. The summed E-state index contributed by atoms with van der Waals surface area (Å²) in [5.74, 6) is -1.04. The van der Waals surface area contributed by atoms with Gasteiger partial charge in [-0.15, -0.1) is 0 Å². The molecule has 7 nitrogen and oxygen atoms in total. The van der Waals surface area contributed by atoms with Crippen molar-refractivity contribution in [3.05, 3.63) is 41.4 Å². The Morgan fingerprint density at radius 2 is 1.94 bits per heavy atom. The Morgan fingerprint density at radius 1 is 1.23 bits per heavy atom. The second kappa shape index (κ2) is 8.46.